The highest BCUT2D eigenvalue weighted by molar-refractivity contribution is 8.93. The highest BCUT2D eigenvalue weighted by atomic mass is 79.9. The summed E-state index contributed by atoms with van der Waals surface area (Å²) in [6.45, 7) is 1.87. The van der Waals surface area contributed by atoms with Gasteiger partial charge in [0.15, 0.2) is 0 Å². The Hall–Kier alpha value is -0.380. The molecule has 0 spiro atoms. The van der Waals surface area contributed by atoms with Gasteiger partial charge in [-0.3, -0.25) is 0 Å². The minimum Gasteiger partial charge on any atom is -0.384 e. The molecule has 0 unspecified atom stereocenters. The van der Waals surface area contributed by atoms with Crippen molar-refractivity contribution >= 4 is 17.0 Å². The molecule has 17 heavy (non-hydrogen) atoms. The van der Waals surface area contributed by atoms with Crippen molar-refractivity contribution in [1.82, 2.24) is 5.32 Å². The van der Waals surface area contributed by atoms with E-state index in [4.69, 9.17) is 4.74 Å². The molecule has 1 aliphatic rings. The summed E-state index contributed by atoms with van der Waals surface area (Å²) in [6.07, 6.45) is 3.93. The smallest absolute Gasteiger partial charge is 0.0505 e. The Balaban J connectivity index is 0.00000144. The second-order valence-electron chi connectivity index (χ2n) is 4.62. The van der Waals surface area contributed by atoms with Crippen LogP contribution in [0.1, 0.15) is 24.8 Å². The molecular formula is C14H22BrNO. The molecule has 0 heterocycles. The van der Waals surface area contributed by atoms with Crippen LogP contribution < -0.4 is 5.32 Å². The number of methoxy groups -OCH3 is 1. The van der Waals surface area contributed by atoms with Gasteiger partial charge in [0, 0.05) is 19.7 Å². The summed E-state index contributed by atoms with van der Waals surface area (Å²) in [5, 5.41) is 3.65. The van der Waals surface area contributed by atoms with Gasteiger partial charge in [0.1, 0.15) is 0 Å². The van der Waals surface area contributed by atoms with E-state index in [1.54, 1.807) is 7.11 Å². The quantitative estimate of drug-likeness (QED) is 0.902. The van der Waals surface area contributed by atoms with Gasteiger partial charge in [-0.15, -0.1) is 17.0 Å². The van der Waals surface area contributed by atoms with Gasteiger partial charge in [0.25, 0.3) is 0 Å². The minimum atomic E-state index is 0. The van der Waals surface area contributed by atoms with Crippen LogP contribution >= 0.6 is 17.0 Å². The van der Waals surface area contributed by atoms with Gasteiger partial charge >= 0.3 is 0 Å². The SMILES string of the molecule is Br.COC[C@H]1CCC[C@H]1NCc1ccccc1. The average Bonchev–Trinajstić information content (AvgIpc) is 2.76. The Bertz CT molecular complexity index is 304. The molecule has 1 aromatic carbocycles. The first-order valence-electron chi connectivity index (χ1n) is 6.16. The topological polar surface area (TPSA) is 21.3 Å². The summed E-state index contributed by atoms with van der Waals surface area (Å²) < 4.78 is 5.27. The number of ether oxygens (including phenoxy) is 1. The number of hydrogen-bond acceptors (Lipinski definition) is 2. The third-order valence-corrected chi connectivity index (χ3v) is 3.45. The van der Waals surface area contributed by atoms with E-state index in [0.29, 0.717) is 12.0 Å². The van der Waals surface area contributed by atoms with Crippen molar-refractivity contribution in [2.75, 3.05) is 13.7 Å². The van der Waals surface area contributed by atoms with Crippen molar-refractivity contribution in [3.63, 3.8) is 0 Å². The van der Waals surface area contributed by atoms with Crippen LogP contribution in [-0.2, 0) is 11.3 Å². The molecule has 1 N–H and O–H groups in total. The summed E-state index contributed by atoms with van der Waals surface area (Å²) >= 11 is 0. The standard InChI is InChI=1S/C14H21NO.BrH/c1-16-11-13-8-5-9-14(13)15-10-12-6-3-2-4-7-12;/h2-4,6-7,13-15H,5,8-11H2,1H3;1H/t13-,14-;/m1./s1. The van der Waals surface area contributed by atoms with Crippen LogP contribution in [0, 0.1) is 5.92 Å². The molecule has 1 saturated carbocycles. The number of hydrogen-bond donors (Lipinski definition) is 1. The van der Waals surface area contributed by atoms with E-state index in [2.05, 4.69) is 35.6 Å². The van der Waals surface area contributed by atoms with Gasteiger partial charge in [0.2, 0.25) is 0 Å². The Morgan fingerprint density at radius 3 is 2.71 bits per heavy atom. The van der Waals surface area contributed by atoms with Gasteiger partial charge in [-0.1, -0.05) is 36.8 Å². The van der Waals surface area contributed by atoms with E-state index in [0.717, 1.165) is 13.2 Å². The van der Waals surface area contributed by atoms with Crippen molar-refractivity contribution in [2.45, 2.75) is 31.8 Å². The second kappa shape index (κ2) is 7.85. The summed E-state index contributed by atoms with van der Waals surface area (Å²) in [7, 11) is 1.80. The Kier molecular flexibility index (Phi) is 6.78. The van der Waals surface area contributed by atoms with Gasteiger partial charge < -0.3 is 10.1 Å². The number of halogens is 1. The maximum absolute atomic E-state index is 5.27. The molecule has 0 aliphatic heterocycles. The van der Waals surface area contributed by atoms with Crippen molar-refractivity contribution in [2.24, 2.45) is 5.92 Å². The first-order valence-corrected chi connectivity index (χ1v) is 6.16. The predicted octanol–water partition coefficient (Wildman–Crippen LogP) is 3.17. The Morgan fingerprint density at radius 2 is 2.00 bits per heavy atom. The van der Waals surface area contributed by atoms with E-state index >= 15 is 0 Å². The molecule has 0 aromatic heterocycles. The third kappa shape index (κ3) is 4.41. The van der Waals surface area contributed by atoms with Gasteiger partial charge in [0.05, 0.1) is 6.61 Å². The maximum Gasteiger partial charge on any atom is 0.0505 e. The van der Waals surface area contributed by atoms with E-state index in [-0.39, 0.29) is 17.0 Å². The number of rotatable bonds is 5. The number of benzene rings is 1. The first kappa shape index (κ1) is 14.7. The van der Waals surface area contributed by atoms with Gasteiger partial charge in [-0.05, 0) is 24.3 Å². The molecule has 1 aliphatic carbocycles. The minimum absolute atomic E-state index is 0. The van der Waals surface area contributed by atoms with Crippen LogP contribution in [0.5, 0.6) is 0 Å². The molecule has 2 atom stereocenters. The zero-order valence-corrected chi connectivity index (χ0v) is 12.1. The van der Waals surface area contributed by atoms with Crippen LogP contribution in [0.3, 0.4) is 0 Å². The van der Waals surface area contributed by atoms with Crippen LogP contribution in [0.15, 0.2) is 30.3 Å². The van der Waals surface area contributed by atoms with Crippen molar-refractivity contribution in [3.05, 3.63) is 35.9 Å². The highest BCUT2D eigenvalue weighted by Gasteiger charge is 2.26. The van der Waals surface area contributed by atoms with Crippen molar-refractivity contribution in [1.29, 1.82) is 0 Å². The summed E-state index contributed by atoms with van der Waals surface area (Å²) in [4.78, 5) is 0. The van der Waals surface area contributed by atoms with Crippen LogP contribution in [0.4, 0.5) is 0 Å². The molecule has 0 radical (unpaired) electrons. The fourth-order valence-electron chi connectivity index (χ4n) is 2.56. The number of nitrogens with one attached hydrogen (secondary N) is 1. The van der Waals surface area contributed by atoms with E-state index < -0.39 is 0 Å². The molecule has 96 valence electrons. The normalized spacial score (nSPS) is 23.4. The molecule has 2 rings (SSSR count). The van der Waals surface area contributed by atoms with Crippen molar-refractivity contribution in [3.8, 4) is 0 Å². The fraction of sp³-hybridized carbons (Fsp3) is 0.571. The lowest BCUT2D eigenvalue weighted by Crippen LogP contribution is -2.33. The first-order chi connectivity index (χ1) is 7.90. The Morgan fingerprint density at radius 1 is 1.24 bits per heavy atom. The largest absolute Gasteiger partial charge is 0.384 e. The fourth-order valence-corrected chi connectivity index (χ4v) is 2.56. The predicted molar refractivity (Wildman–Crippen MR) is 76.6 cm³/mol. The summed E-state index contributed by atoms with van der Waals surface area (Å²) in [5.41, 5.74) is 1.37. The molecule has 2 nitrogen and oxygen atoms in total. The second-order valence-corrected chi connectivity index (χ2v) is 4.62. The van der Waals surface area contributed by atoms with Gasteiger partial charge in [-0.25, -0.2) is 0 Å². The van der Waals surface area contributed by atoms with E-state index in [1.807, 2.05) is 0 Å². The monoisotopic (exact) mass is 299 g/mol. The summed E-state index contributed by atoms with van der Waals surface area (Å²) in [6, 6.07) is 11.2. The van der Waals surface area contributed by atoms with Crippen molar-refractivity contribution < 1.29 is 4.74 Å². The summed E-state index contributed by atoms with van der Waals surface area (Å²) in [5.74, 6) is 0.703. The lowest BCUT2D eigenvalue weighted by atomic mass is 10.0. The van der Waals surface area contributed by atoms with E-state index in [9.17, 15) is 0 Å². The molecule has 1 aromatic rings. The van der Waals surface area contributed by atoms with Gasteiger partial charge in [-0.2, -0.15) is 0 Å². The maximum atomic E-state index is 5.27. The molecule has 3 heteroatoms. The van der Waals surface area contributed by atoms with E-state index in [1.165, 1.54) is 24.8 Å². The molecule has 0 amide bonds. The molecule has 1 fully saturated rings. The van der Waals surface area contributed by atoms with Crippen LogP contribution in [0.25, 0.3) is 0 Å². The molecule has 0 saturated heterocycles. The third-order valence-electron chi connectivity index (χ3n) is 3.45. The lowest BCUT2D eigenvalue weighted by Gasteiger charge is -2.20. The molecular weight excluding hydrogens is 278 g/mol. The Labute approximate surface area is 115 Å². The van der Waals surface area contributed by atoms with Crippen LogP contribution in [-0.4, -0.2) is 19.8 Å². The zero-order chi connectivity index (χ0) is 11.2. The average molecular weight is 300 g/mol. The van der Waals surface area contributed by atoms with Crippen LogP contribution in [0.2, 0.25) is 0 Å². The zero-order valence-electron chi connectivity index (χ0n) is 10.4. The highest BCUT2D eigenvalue weighted by Crippen LogP contribution is 2.25. The molecule has 0 bridgehead atoms. The lowest BCUT2D eigenvalue weighted by molar-refractivity contribution is 0.140.